The van der Waals surface area contributed by atoms with Crippen LogP contribution in [0.4, 0.5) is 0 Å². The zero-order valence-corrected chi connectivity index (χ0v) is 17.9. The van der Waals surface area contributed by atoms with Crippen molar-refractivity contribution in [3.8, 4) is 11.5 Å². The lowest BCUT2D eigenvalue weighted by molar-refractivity contribution is 0.127. The van der Waals surface area contributed by atoms with Gasteiger partial charge in [0.25, 0.3) is 0 Å². The minimum atomic E-state index is 0.175. The van der Waals surface area contributed by atoms with E-state index in [-0.39, 0.29) is 6.61 Å². The first-order chi connectivity index (χ1) is 15.0. The molecule has 4 rings (SSSR count). The summed E-state index contributed by atoms with van der Waals surface area (Å²) in [6, 6.07) is 19.7. The number of nitrogens with two attached hydrogens (primary N) is 1. The number of hydrogen-bond donors (Lipinski definition) is 1. The molecule has 4 aromatic rings. The number of oxime groups is 1. The van der Waals surface area contributed by atoms with Gasteiger partial charge < -0.3 is 15.0 Å². The van der Waals surface area contributed by atoms with E-state index < -0.39 is 0 Å². The van der Waals surface area contributed by atoms with E-state index in [0.717, 1.165) is 28.1 Å². The van der Waals surface area contributed by atoms with Crippen molar-refractivity contribution in [2.75, 3.05) is 0 Å². The van der Waals surface area contributed by atoms with Gasteiger partial charge in [-0.15, -0.1) is 0 Å². The number of hydrogen-bond acceptors (Lipinski definition) is 5. The molecule has 0 amide bonds. The first-order valence-corrected chi connectivity index (χ1v) is 10.1. The molecule has 2 aromatic heterocycles. The van der Waals surface area contributed by atoms with Crippen molar-refractivity contribution in [1.29, 1.82) is 0 Å². The molecule has 0 aliphatic rings. The van der Waals surface area contributed by atoms with Crippen molar-refractivity contribution in [3.63, 3.8) is 0 Å². The first kappa shape index (κ1) is 20.4. The van der Waals surface area contributed by atoms with Gasteiger partial charge in [-0.25, -0.2) is 4.98 Å². The summed E-state index contributed by atoms with van der Waals surface area (Å²) in [5.74, 6) is 1.56. The number of oxazole rings is 1. The van der Waals surface area contributed by atoms with Crippen LogP contribution in [0.2, 0.25) is 0 Å². The Labute approximate surface area is 181 Å². The van der Waals surface area contributed by atoms with Crippen LogP contribution in [0.15, 0.2) is 70.2 Å². The van der Waals surface area contributed by atoms with Crippen LogP contribution in [0.25, 0.3) is 11.5 Å². The Morgan fingerprint density at radius 2 is 1.87 bits per heavy atom. The summed E-state index contributed by atoms with van der Waals surface area (Å²) in [6.45, 7) is 6.73. The predicted molar refractivity (Wildman–Crippen MR) is 119 cm³/mol. The topological polar surface area (TPSA) is 91.5 Å². The second kappa shape index (κ2) is 8.87. The fourth-order valence-corrected chi connectivity index (χ4v) is 3.32. The molecule has 0 atom stereocenters. The summed E-state index contributed by atoms with van der Waals surface area (Å²) in [6.07, 6.45) is 0. The van der Waals surface area contributed by atoms with Gasteiger partial charge in [-0.1, -0.05) is 41.6 Å². The van der Waals surface area contributed by atoms with Gasteiger partial charge in [-0.3, -0.25) is 4.68 Å². The molecular weight excluding hydrogens is 390 g/mol. The van der Waals surface area contributed by atoms with Gasteiger partial charge in [0, 0.05) is 16.8 Å². The lowest BCUT2D eigenvalue weighted by Crippen LogP contribution is -2.15. The fourth-order valence-electron chi connectivity index (χ4n) is 3.32. The molecule has 0 bridgehead atoms. The van der Waals surface area contributed by atoms with E-state index in [1.807, 2.05) is 80.1 Å². The van der Waals surface area contributed by atoms with E-state index in [1.54, 1.807) is 0 Å². The number of benzene rings is 2. The quantitative estimate of drug-likeness (QED) is 0.275. The number of amidine groups is 1. The number of nitrogens with zero attached hydrogens (tertiary/aromatic N) is 4. The van der Waals surface area contributed by atoms with Crippen LogP contribution in [-0.2, 0) is 18.0 Å². The van der Waals surface area contributed by atoms with E-state index in [1.165, 1.54) is 0 Å². The molecule has 0 aliphatic carbocycles. The molecule has 2 N–H and O–H groups in total. The van der Waals surface area contributed by atoms with Gasteiger partial charge >= 0.3 is 0 Å². The van der Waals surface area contributed by atoms with Crippen LogP contribution in [0.3, 0.4) is 0 Å². The maximum atomic E-state index is 6.15. The lowest BCUT2D eigenvalue weighted by Gasteiger charge is -2.07. The molecular formula is C24H25N5O2. The Balaban J connectivity index is 1.42. The molecule has 0 saturated heterocycles. The number of aryl methyl sites for hydroxylation is 3. The fraction of sp³-hybridized carbons (Fsp3) is 0.208. The van der Waals surface area contributed by atoms with Gasteiger partial charge in [0.2, 0.25) is 5.89 Å². The van der Waals surface area contributed by atoms with Gasteiger partial charge in [0.05, 0.1) is 12.2 Å². The molecule has 0 fully saturated rings. The Kier molecular flexibility index (Phi) is 5.84. The average Bonchev–Trinajstić information content (AvgIpc) is 3.29. The molecule has 31 heavy (non-hydrogen) atoms. The number of rotatable bonds is 7. The van der Waals surface area contributed by atoms with Crippen molar-refractivity contribution in [1.82, 2.24) is 14.8 Å². The van der Waals surface area contributed by atoms with Crippen molar-refractivity contribution in [2.24, 2.45) is 10.9 Å². The third-order valence-corrected chi connectivity index (χ3v) is 4.94. The molecule has 0 radical (unpaired) electrons. The normalized spacial score (nSPS) is 11.6. The molecule has 0 saturated carbocycles. The molecule has 2 heterocycles. The molecule has 0 aliphatic heterocycles. The summed E-state index contributed by atoms with van der Waals surface area (Å²) in [7, 11) is 0. The van der Waals surface area contributed by atoms with Gasteiger partial charge in [-0.05, 0) is 50.6 Å². The third kappa shape index (κ3) is 4.83. The Bertz CT molecular complexity index is 1210. The monoisotopic (exact) mass is 415 g/mol. The van der Waals surface area contributed by atoms with Crippen molar-refractivity contribution in [3.05, 3.63) is 94.6 Å². The average molecular weight is 415 g/mol. The molecule has 7 heteroatoms. The van der Waals surface area contributed by atoms with Crippen LogP contribution in [0.5, 0.6) is 0 Å². The van der Waals surface area contributed by atoms with E-state index in [2.05, 4.69) is 21.3 Å². The Hall–Kier alpha value is -3.87. The Morgan fingerprint density at radius 3 is 2.61 bits per heavy atom. The SMILES string of the molecule is Cc1cc(C)n(Cc2cccc(/C(N)=N/OCc3nc(-c4ccccc4)oc3C)c2)n1. The zero-order chi connectivity index (χ0) is 21.8. The summed E-state index contributed by atoms with van der Waals surface area (Å²) in [4.78, 5) is 9.98. The van der Waals surface area contributed by atoms with E-state index in [4.69, 9.17) is 15.0 Å². The van der Waals surface area contributed by atoms with Crippen LogP contribution >= 0.6 is 0 Å². The van der Waals surface area contributed by atoms with E-state index in [0.29, 0.717) is 29.7 Å². The van der Waals surface area contributed by atoms with Crippen molar-refractivity contribution < 1.29 is 9.25 Å². The second-order valence-electron chi connectivity index (χ2n) is 7.42. The minimum absolute atomic E-state index is 0.175. The molecule has 158 valence electrons. The molecule has 0 unspecified atom stereocenters. The standard InChI is InChI=1S/C24H25N5O2/c1-16-12-17(2)29(27-16)14-19-8-7-11-21(13-19)23(25)28-30-15-22-18(3)31-24(26-22)20-9-5-4-6-10-20/h4-13H,14-15H2,1-3H3,(H2,25,28). The first-order valence-electron chi connectivity index (χ1n) is 10.1. The summed E-state index contributed by atoms with van der Waals surface area (Å²) < 4.78 is 7.72. The van der Waals surface area contributed by atoms with Gasteiger partial charge in [-0.2, -0.15) is 5.10 Å². The lowest BCUT2D eigenvalue weighted by atomic mass is 10.1. The van der Waals surface area contributed by atoms with Crippen LogP contribution in [-0.4, -0.2) is 20.6 Å². The van der Waals surface area contributed by atoms with Crippen LogP contribution < -0.4 is 5.73 Å². The summed E-state index contributed by atoms with van der Waals surface area (Å²) >= 11 is 0. The molecule has 7 nitrogen and oxygen atoms in total. The highest BCUT2D eigenvalue weighted by Crippen LogP contribution is 2.21. The highest BCUT2D eigenvalue weighted by Gasteiger charge is 2.12. The minimum Gasteiger partial charge on any atom is -0.441 e. The van der Waals surface area contributed by atoms with Gasteiger partial charge in [0.15, 0.2) is 12.4 Å². The largest absolute Gasteiger partial charge is 0.441 e. The van der Waals surface area contributed by atoms with Crippen LogP contribution in [0.1, 0.15) is 34.0 Å². The molecule has 0 spiro atoms. The highest BCUT2D eigenvalue weighted by atomic mass is 16.6. The smallest absolute Gasteiger partial charge is 0.226 e. The number of aromatic nitrogens is 3. The zero-order valence-electron chi connectivity index (χ0n) is 17.9. The Morgan fingerprint density at radius 1 is 1.06 bits per heavy atom. The maximum absolute atomic E-state index is 6.15. The van der Waals surface area contributed by atoms with Crippen LogP contribution in [0, 0.1) is 20.8 Å². The van der Waals surface area contributed by atoms with Crippen molar-refractivity contribution >= 4 is 5.84 Å². The van der Waals surface area contributed by atoms with Crippen molar-refractivity contribution in [2.45, 2.75) is 33.9 Å². The van der Waals surface area contributed by atoms with Gasteiger partial charge in [0.1, 0.15) is 11.5 Å². The maximum Gasteiger partial charge on any atom is 0.226 e. The summed E-state index contributed by atoms with van der Waals surface area (Å²) in [5.41, 5.74) is 11.7. The summed E-state index contributed by atoms with van der Waals surface area (Å²) in [5, 5.41) is 8.58. The molecule has 2 aromatic carbocycles. The van der Waals surface area contributed by atoms with E-state index in [9.17, 15) is 0 Å². The van der Waals surface area contributed by atoms with E-state index >= 15 is 0 Å². The second-order valence-corrected chi connectivity index (χ2v) is 7.42. The third-order valence-electron chi connectivity index (χ3n) is 4.94. The predicted octanol–water partition coefficient (Wildman–Crippen LogP) is 4.35. The highest BCUT2D eigenvalue weighted by molar-refractivity contribution is 5.97.